The first-order valence-electron chi connectivity index (χ1n) is 20.3. The Morgan fingerprint density at radius 3 is 1.00 bits per heavy atom. The van der Waals surface area contributed by atoms with Crippen LogP contribution in [0.3, 0.4) is 0 Å². The van der Waals surface area contributed by atoms with Gasteiger partial charge in [0.15, 0.2) is 0 Å². The molecule has 3 unspecified atom stereocenters. The summed E-state index contributed by atoms with van der Waals surface area (Å²) >= 11 is 0. The van der Waals surface area contributed by atoms with Crippen molar-refractivity contribution in [3.63, 3.8) is 0 Å². The molecular formula is C40H81NO4. The van der Waals surface area contributed by atoms with Gasteiger partial charge in [-0.2, -0.15) is 0 Å². The van der Waals surface area contributed by atoms with Crippen LogP contribution in [0.4, 0.5) is 0 Å². The van der Waals surface area contributed by atoms with E-state index in [2.05, 4.69) is 19.2 Å². The molecule has 0 radical (unpaired) electrons. The predicted molar refractivity (Wildman–Crippen MR) is 195 cm³/mol. The van der Waals surface area contributed by atoms with Crippen LogP contribution in [-0.2, 0) is 4.79 Å². The zero-order chi connectivity index (χ0) is 33.1. The number of hydrogen-bond donors (Lipinski definition) is 4. The Bertz CT molecular complexity index is 587. The molecule has 5 nitrogen and oxygen atoms in total. The van der Waals surface area contributed by atoms with Crippen molar-refractivity contribution >= 4 is 5.91 Å². The Labute approximate surface area is 281 Å². The maximum absolute atomic E-state index is 12.4. The quantitative estimate of drug-likeness (QED) is 0.0509. The minimum atomic E-state index is -1.07. The van der Waals surface area contributed by atoms with Gasteiger partial charge >= 0.3 is 0 Å². The minimum Gasteiger partial charge on any atom is -0.394 e. The molecular weight excluding hydrogens is 558 g/mol. The van der Waals surface area contributed by atoms with Crippen LogP contribution in [0.5, 0.6) is 0 Å². The lowest BCUT2D eigenvalue weighted by Gasteiger charge is -2.23. The first kappa shape index (κ1) is 44.4. The molecule has 0 spiro atoms. The highest BCUT2D eigenvalue weighted by Gasteiger charge is 2.23. The first-order valence-corrected chi connectivity index (χ1v) is 20.3. The molecule has 1 amide bonds. The summed E-state index contributed by atoms with van der Waals surface area (Å²) in [7, 11) is 0. The van der Waals surface area contributed by atoms with Crippen molar-refractivity contribution in [3.8, 4) is 0 Å². The first-order chi connectivity index (χ1) is 22.1. The predicted octanol–water partition coefficient (Wildman–Crippen LogP) is 11.1. The van der Waals surface area contributed by atoms with Gasteiger partial charge in [-0.3, -0.25) is 4.79 Å². The Morgan fingerprint density at radius 1 is 0.444 bits per heavy atom. The summed E-state index contributed by atoms with van der Waals surface area (Å²) in [6, 6.07) is -0.704. The molecule has 45 heavy (non-hydrogen) atoms. The van der Waals surface area contributed by atoms with Crippen molar-refractivity contribution in [2.45, 2.75) is 244 Å². The largest absolute Gasteiger partial charge is 0.394 e. The number of rotatable bonds is 37. The SMILES string of the molecule is CCCCCCCCCCCCCCCCCCCCC(O)C(=O)NC(CO)C(O)CCCCCCCCCCCCCCC. The Kier molecular flexibility index (Phi) is 35.7. The van der Waals surface area contributed by atoms with Crippen molar-refractivity contribution in [1.82, 2.24) is 5.32 Å². The summed E-state index contributed by atoms with van der Waals surface area (Å²) in [4.78, 5) is 12.4. The molecule has 0 aromatic rings. The van der Waals surface area contributed by atoms with Crippen molar-refractivity contribution in [2.24, 2.45) is 0 Å². The molecule has 0 saturated heterocycles. The molecule has 0 aliphatic heterocycles. The Morgan fingerprint density at radius 2 is 0.711 bits per heavy atom. The third-order valence-corrected chi connectivity index (χ3v) is 9.73. The summed E-state index contributed by atoms with van der Waals surface area (Å²) in [6.45, 7) is 4.23. The molecule has 0 aromatic heterocycles. The van der Waals surface area contributed by atoms with Crippen molar-refractivity contribution < 1.29 is 20.1 Å². The van der Waals surface area contributed by atoms with Crippen molar-refractivity contribution in [1.29, 1.82) is 0 Å². The van der Waals surface area contributed by atoms with Gasteiger partial charge in [0, 0.05) is 0 Å². The van der Waals surface area contributed by atoms with E-state index in [0.29, 0.717) is 12.8 Å². The normalized spacial score (nSPS) is 13.6. The maximum Gasteiger partial charge on any atom is 0.249 e. The van der Waals surface area contributed by atoms with Crippen molar-refractivity contribution in [2.75, 3.05) is 6.61 Å². The molecule has 0 rings (SSSR count). The fraction of sp³-hybridized carbons (Fsp3) is 0.975. The van der Waals surface area contributed by atoms with Crippen molar-refractivity contribution in [3.05, 3.63) is 0 Å². The van der Waals surface area contributed by atoms with Gasteiger partial charge in [-0.25, -0.2) is 0 Å². The van der Waals surface area contributed by atoms with E-state index < -0.39 is 24.2 Å². The molecule has 270 valence electrons. The summed E-state index contributed by atoms with van der Waals surface area (Å²) < 4.78 is 0. The molecule has 0 fully saturated rings. The number of hydrogen-bond acceptors (Lipinski definition) is 4. The Balaban J connectivity index is 3.60. The second-order valence-electron chi connectivity index (χ2n) is 14.2. The summed E-state index contributed by atoms with van der Waals surface area (Å²) in [6.07, 6.45) is 39.5. The molecule has 0 aromatic carbocycles. The summed E-state index contributed by atoms with van der Waals surface area (Å²) in [5, 5.41) is 33.2. The molecule has 0 aliphatic rings. The van der Waals surface area contributed by atoms with Gasteiger partial charge in [0.25, 0.3) is 0 Å². The highest BCUT2D eigenvalue weighted by Crippen LogP contribution is 2.16. The van der Waals surface area contributed by atoms with Crippen LogP contribution in [0.1, 0.15) is 226 Å². The van der Waals surface area contributed by atoms with E-state index in [0.717, 1.165) is 32.1 Å². The number of aliphatic hydroxyl groups excluding tert-OH is 3. The minimum absolute atomic E-state index is 0.308. The van der Waals surface area contributed by atoms with Gasteiger partial charge in [0.1, 0.15) is 6.10 Å². The lowest BCUT2D eigenvalue weighted by atomic mass is 10.0. The second kappa shape index (κ2) is 36.2. The number of carbonyl (C=O) groups is 1. The van der Waals surface area contributed by atoms with Gasteiger partial charge in [-0.1, -0.05) is 213 Å². The standard InChI is InChI=1S/C40H81NO4/c1-3-5-7-9-11-13-15-17-18-19-20-21-23-25-27-29-31-33-35-39(44)40(45)41-37(36-42)38(43)34-32-30-28-26-24-22-16-14-12-10-8-6-4-2/h37-39,42-44H,3-36H2,1-2H3,(H,41,45). The van der Waals surface area contributed by atoms with Gasteiger partial charge in [0.2, 0.25) is 5.91 Å². The van der Waals surface area contributed by atoms with E-state index in [1.54, 1.807) is 0 Å². The molecule has 5 heteroatoms. The Hall–Kier alpha value is -0.650. The van der Waals surface area contributed by atoms with Gasteiger partial charge in [-0.15, -0.1) is 0 Å². The van der Waals surface area contributed by atoms with Crippen LogP contribution in [0.25, 0.3) is 0 Å². The van der Waals surface area contributed by atoms with E-state index >= 15 is 0 Å². The fourth-order valence-electron chi connectivity index (χ4n) is 6.49. The van der Waals surface area contributed by atoms with Crippen LogP contribution >= 0.6 is 0 Å². The van der Waals surface area contributed by atoms with E-state index in [4.69, 9.17) is 0 Å². The zero-order valence-electron chi connectivity index (χ0n) is 30.5. The average molecular weight is 640 g/mol. The van der Waals surface area contributed by atoms with Gasteiger partial charge in [-0.05, 0) is 12.8 Å². The average Bonchev–Trinajstić information content (AvgIpc) is 3.04. The third-order valence-electron chi connectivity index (χ3n) is 9.73. The number of unbranched alkanes of at least 4 members (excludes halogenated alkanes) is 29. The molecule has 0 aliphatic carbocycles. The van der Waals surface area contributed by atoms with Crippen LogP contribution in [0.2, 0.25) is 0 Å². The van der Waals surface area contributed by atoms with E-state index in [9.17, 15) is 20.1 Å². The van der Waals surface area contributed by atoms with E-state index in [1.165, 1.54) is 167 Å². The van der Waals surface area contributed by atoms with E-state index in [1.807, 2.05) is 0 Å². The van der Waals surface area contributed by atoms with Gasteiger partial charge in [0.05, 0.1) is 18.8 Å². The molecule has 4 N–H and O–H groups in total. The third kappa shape index (κ3) is 31.7. The lowest BCUT2D eigenvalue weighted by Crippen LogP contribution is -2.49. The maximum atomic E-state index is 12.4. The number of aliphatic hydroxyl groups is 3. The zero-order valence-corrected chi connectivity index (χ0v) is 30.5. The number of amides is 1. The van der Waals surface area contributed by atoms with Crippen LogP contribution in [0.15, 0.2) is 0 Å². The highest BCUT2D eigenvalue weighted by atomic mass is 16.3. The second-order valence-corrected chi connectivity index (χ2v) is 14.2. The smallest absolute Gasteiger partial charge is 0.249 e. The topological polar surface area (TPSA) is 89.8 Å². The monoisotopic (exact) mass is 640 g/mol. The molecule has 0 heterocycles. The number of carbonyl (C=O) groups excluding carboxylic acids is 1. The summed E-state index contributed by atoms with van der Waals surface area (Å²) in [5.41, 5.74) is 0. The highest BCUT2D eigenvalue weighted by molar-refractivity contribution is 5.80. The van der Waals surface area contributed by atoms with Gasteiger partial charge < -0.3 is 20.6 Å². The lowest BCUT2D eigenvalue weighted by molar-refractivity contribution is -0.131. The van der Waals surface area contributed by atoms with E-state index in [-0.39, 0.29) is 6.61 Å². The van der Waals surface area contributed by atoms with Crippen LogP contribution in [0, 0.1) is 0 Å². The fourth-order valence-corrected chi connectivity index (χ4v) is 6.49. The van der Waals surface area contributed by atoms with Crippen LogP contribution < -0.4 is 5.32 Å². The molecule has 3 atom stereocenters. The molecule has 0 saturated carbocycles. The summed E-state index contributed by atoms with van der Waals surface area (Å²) in [5.74, 6) is -0.467. The number of nitrogens with one attached hydrogen (secondary N) is 1. The molecule has 0 bridgehead atoms. The van der Waals surface area contributed by atoms with Crippen LogP contribution in [-0.4, -0.2) is 46.1 Å².